The molecule has 0 aromatic heterocycles. The molecule has 0 aromatic rings. The first kappa shape index (κ1) is 7.07. The number of allylic oxidation sites excluding steroid dienone is 6. The van der Waals surface area contributed by atoms with Crippen LogP contribution in [-0.2, 0) is 0 Å². The SMILES string of the molecule is C=CC1=C(C=C)CCC=C1. The number of rotatable bonds is 2. The zero-order valence-corrected chi connectivity index (χ0v) is 6.14. The molecule has 0 amide bonds. The Balaban J connectivity index is 2.94. The van der Waals surface area contributed by atoms with Crippen molar-refractivity contribution in [1.29, 1.82) is 0 Å². The van der Waals surface area contributed by atoms with Crippen molar-refractivity contribution in [2.45, 2.75) is 12.8 Å². The Morgan fingerprint density at radius 3 is 2.60 bits per heavy atom. The van der Waals surface area contributed by atoms with Crippen molar-refractivity contribution < 1.29 is 0 Å². The minimum Gasteiger partial charge on any atom is -0.0988 e. The molecule has 0 bridgehead atoms. The smallest absolute Gasteiger partial charge is 0.0234 e. The fourth-order valence-electron chi connectivity index (χ4n) is 1.12. The monoisotopic (exact) mass is 132 g/mol. The van der Waals surface area contributed by atoms with Crippen LogP contribution >= 0.6 is 0 Å². The van der Waals surface area contributed by atoms with Gasteiger partial charge in [-0.1, -0.05) is 37.5 Å². The zero-order valence-electron chi connectivity index (χ0n) is 6.14. The predicted molar refractivity (Wildman–Crippen MR) is 45.8 cm³/mol. The molecule has 0 saturated carbocycles. The van der Waals surface area contributed by atoms with Gasteiger partial charge in [0.25, 0.3) is 0 Å². The molecule has 10 heavy (non-hydrogen) atoms. The van der Waals surface area contributed by atoms with E-state index in [1.54, 1.807) is 0 Å². The van der Waals surface area contributed by atoms with Crippen LogP contribution in [0, 0.1) is 0 Å². The maximum Gasteiger partial charge on any atom is -0.0234 e. The minimum atomic E-state index is 1.11. The molecular weight excluding hydrogens is 120 g/mol. The van der Waals surface area contributed by atoms with Crippen molar-refractivity contribution in [1.82, 2.24) is 0 Å². The molecule has 0 heterocycles. The van der Waals surface area contributed by atoms with Gasteiger partial charge in [0.05, 0.1) is 0 Å². The maximum absolute atomic E-state index is 3.74. The van der Waals surface area contributed by atoms with Crippen molar-refractivity contribution in [3.8, 4) is 0 Å². The highest BCUT2D eigenvalue weighted by Crippen LogP contribution is 2.19. The van der Waals surface area contributed by atoms with Gasteiger partial charge in [-0.15, -0.1) is 0 Å². The molecule has 0 aromatic carbocycles. The van der Waals surface area contributed by atoms with Crippen molar-refractivity contribution in [2.75, 3.05) is 0 Å². The van der Waals surface area contributed by atoms with Gasteiger partial charge < -0.3 is 0 Å². The summed E-state index contributed by atoms with van der Waals surface area (Å²) in [5.74, 6) is 0. The lowest BCUT2D eigenvalue weighted by molar-refractivity contribution is 0.979. The van der Waals surface area contributed by atoms with Crippen LogP contribution in [0.5, 0.6) is 0 Å². The third-order valence-corrected chi connectivity index (χ3v) is 1.71. The van der Waals surface area contributed by atoms with Crippen LogP contribution in [0.15, 0.2) is 48.6 Å². The standard InChI is InChI=1S/C10H12/c1-3-9-7-5-6-8-10(9)4-2/h3-5,7H,1-2,6,8H2. The molecule has 0 spiro atoms. The quantitative estimate of drug-likeness (QED) is 0.541. The lowest BCUT2D eigenvalue weighted by Crippen LogP contribution is -1.88. The molecule has 0 atom stereocenters. The third-order valence-electron chi connectivity index (χ3n) is 1.71. The summed E-state index contributed by atoms with van der Waals surface area (Å²) < 4.78 is 0. The summed E-state index contributed by atoms with van der Waals surface area (Å²) in [6.07, 6.45) is 10.3. The van der Waals surface area contributed by atoms with Gasteiger partial charge in [-0.05, 0) is 24.0 Å². The molecule has 1 aliphatic carbocycles. The number of hydrogen-bond acceptors (Lipinski definition) is 0. The topological polar surface area (TPSA) is 0 Å². The average molecular weight is 132 g/mol. The summed E-state index contributed by atoms with van der Waals surface area (Å²) in [4.78, 5) is 0. The van der Waals surface area contributed by atoms with Crippen molar-refractivity contribution in [2.24, 2.45) is 0 Å². The maximum atomic E-state index is 3.74. The molecular formula is C10H12. The summed E-state index contributed by atoms with van der Waals surface area (Å²) in [5, 5.41) is 0. The van der Waals surface area contributed by atoms with Crippen LogP contribution in [0.2, 0.25) is 0 Å². The largest absolute Gasteiger partial charge is 0.0988 e. The van der Waals surface area contributed by atoms with Crippen molar-refractivity contribution in [3.63, 3.8) is 0 Å². The van der Waals surface area contributed by atoms with Gasteiger partial charge in [0.15, 0.2) is 0 Å². The van der Waals surface area contributed by atoms with E-state index < -0.39 is 0 Å². The van der Waals surface area contributed by atoms with E-state index in [1.165, 1.54) is 11.1 Å². The van der Waals surface area contributed by atoms with E-state index in [2.05, 4.69) is 25.3 Å². The Labute approximate surface area is 62.3 Å². The minimum absolute atomic E-state index is 1.11. The van der Waals surface area contributed by atoms with Crippen LogP contribution < -0.4 is 0 Å². The van der Waals surface area contributed by atoms with E-state index in [1.807, 2.05) is 12.2 Å². The molecule has 0 nitrogen and oxygen atoms in total. The van der Waals surface area contributed by atoms with Crippen LogP contribution in [-0.4, -0.2) is 0 Å². The molecule has 0 aliphatic heterocycles. The second kappa shape index (κ2) is 3.21. The van der Waals surface area contributed by atoms with E-state index in [9.17, 15) is 0 Å². The molecule has 52 valence electrons. The normalized spacial score (nSPS) is 17.2. The molecule has 0 saturated heterocycles. The Bertz CT molecular complexity index is 204. The Kier molecular flexibility index (Phi) is 2.27. The lowest BCUT2D eigenvalue weighted by atomic mass is 9.98. The van der Waals surface area contributed by atoms with Crippen LogP contribution in [0.25, 0.3) is 0 Å². The van der Waals surface area contributed by atoms with Gasteiger partial charge in [-0.3, -0.25) is 0 Å². The first-order valence-corrected chi connectivity index (χ1v) is 3.53. The fraction of sp³-hybridized carbons (Fsp3) is 0.200. The van der Waals surface area contributed by atoms with Gasteiger partial charge in [-0.2, -0.15) is 0 Å². The average Bonchev–Trinajstić information content (AvgIpc) is 2.04. The molecule has 0 fully saturated rings. The van der Waals surface area contributed by atoms with Gasteiger partial charge in [0.1, 0.15) is 0 Å². The van der Waals surface area contributed by atoms with Gasteiger partial charge in [-0.25, -0.2) is 0 Å². The Morgan fingerprint density at radius 1 is 1.30 bits per heavy atom. The second-order valence-corrected chi connectivity index (χ2v) is 2.33. The first-order valence-electron chi connectivity index (χ1n) is 3.53. The van der Waals surface area contributed by atoms with Gasteiger partial charge in [0, 0.05) is 0 Å². The van der Waals surface area contributed by atoms with E-state index >= 15 is 0 Å². The van der Waals surface area contributed by atoms with E-state index in [4.69, 9.17) is 0 Å². The number of hydrogen-bond donors (Lipinski definition) is 0. The van der Waals surface area contributed by atoms with Crippen molar-refractivity contribution >= 4 is 0 Å². The predicted octanol–water partition coefficient (Wildman–Crippen LogP) is 3.01. The third kappa shape index (κ3) is 1.27. The van der Waals surface area contributed by atoms with E-state index in [-0.39, 0.29) is 0 Å². The molecule has 0 heteroatoms. The fourth-order valence-corrected chi connectivity index (χ4v) is 1.12. The molecule has 0 unspecified atom stereocenters. The molecule has 1 aliphatic rings. The second-order valence-electron chi connectivity index (χ2n) is 2.33. The van der Waals surface area contributed by atoms with Crippen LogP contribution in [0.1, 0.15) is 12.8 Å². The highest BCUT2D eigenvalue weighted by molar-refractivity contribution is 5.41. The summed E-state index contributed by atoms with van der Waals surface area (Å²) in [6, 6.07) is 0. The zero-order chi connectivity index (χ0) is 7.40. The molecule has 0 radical (unpaired) electrons. The highest BCUT2D eigenvalue weighted by atomic mass is 14.1. The lowest BCUT2D eigenvalue weighted by Gasteiger charge is -2.08. The van der Waals surface area contributed by atoms with Gasteiger partial charge in [0.2, 0.25) is 0 Å². The van der Waals surface area contributed by atoms with Crippen LogP contribution in [0.4, 0.5) is 0 Å². The van der Waals surface area contributed by atoms with Gasteiger partial charge >= 0.3 is 0 Å². The van der Waals surface area contributed by atoms with Crippen molar-refractivity contribution in [3.05, 3.63) is 48.6 Å². The molecule has 0 N–H and O–H groups in total. The van der Waals surface area contributed by atoms with E-state index in [0.29, 0.717) is 0 Å². The first-order chi connectivity index (χ1) is 4.88. The highest BCUT2D eigenvalue weighted by Gasteiger charge is 2.00. The Hall–Kier alpha value is -1.04. The van der Waals surface area contributed by atoms with Crippen LogP contribution in [0.3, 0.4) is 0 Å². The Morgan fingerprint density at radius 2 is 2.10 bits per heavy atom. The summed E-state index contributed by atoms with van der Waals surface area (Å²) >= 11 is 0. The summed E-state index contributed by atoms with van der Waals surface area (Å²) in [5.41, 5.74) is 2.54. The van der Waals surface area contributed by atoms with E-state index in [0.717, 1.165) is 12.8 Å². The molecule has 1 rings (SSSR count). The summed E-state index contributed by atoms with van der Waals surface area (Å²) in [6.45, 7) is 7.47. The summed E-state index contributed by atoms with van der Waals surface area (Å²) in [7, 11) is 0.